The first kappa shape index (κ1) is 80.9. The van der Waals surface area contributed by atoms with Gasteiger partial charge in [0.15, 0.2) is 0 Å². The molecule has 30 aromatic rings. The van der Waals surface area contributed by atoms with Gasteiger partial charge in [0.25, 0.3) is 0 Å². The molecule has 0 spiro atoms. The third-order valence-corrected chi connectivity index (χ3v) is 22.9. The van der Waals surface area contributed by atoms with Gasteiger partial charge in [-0.2, -0.15) is 0 Å². The molecule has 0 unspecified atom stereocenters. The third kappa shape index (κ3) is 19.0. The second-order valence-corrected chi connectivity index (χ2v) is 31.7. The van der Waals surface area contributed by atoms with Crippen LogP contribution in [-0.2, 0) is 0 Å². The molecule has 0 saturated heterocycles. The fraction of sp³-hybridized carbons (Fsp3) is 0.211. The Morgan fingerprint density at radius 1 is 0.142 bits per heavy atom. The predicted molar refractivity (Wildman–Crippen MR) is 517 cm³/mol. The highest BCUT2D eigenvalue weighted by Gasteiger charge is 2.19. The van der Waals surface area contributed by atoms with E-state index in [2.05, 4.69) is 369 Å². The maximum atomic E-state index is 6.79. The maximum Gasteiger partial charge on any atom is 0.127 e. The molecule has 0 aliphatic rings. The van der Waals surface area contributed by atoms with Crippen LogP contribution >= 0.6 is 0 Å². The number of hydrogen-bond acceptors (Lipinski definition) is 6. The molecule has 0 aromatic heterocycles. The SMILES string of the molecule is CCCCOc1ccc2cc3ccc4ccc(cc4)ccc4ccc5c(ccc(OCCCC)c5c5c(OCCCC)ccc6cc(ccc7ccc(cc7)ccc7ccc8c(ccc(OCCCC)c8c8c(OCCCC)ccc9cc(ccc%10ccc(cc%10)ccc%10ccc%11c(ccc(OCCCC)c%11c1c2cc3)c%10)ccc98)c7)ccc65)c4. The van der Waals surface area contributed by atoms with Crippen molar-refractivity contribution in [1.29, 1.82) is 0 Å². The van der Waals surface area contributed by atoms with E-state index in [-0.39, 0.29) is 0 Å². The lowest BCUT2D eigenvalue weighted by Gasteiger charge is -2.16. The molecule has 30 rings (SSSR count). The molecule has 0 fully saturated rings. The van der Waals surface area contributed by atoms with Gasteiger partial charge in [0, 0.05) is 32.3 Å². The summed E-state index contributed by atoms with van der Waals surface area (Å²) in [5, 5.41) is 33.2. The van der Waals surface area contributed by atoms with Crippen LogP contribution in [0.4, 0.5) is 0 Å². The Hall–Kier alpha value is -12.9. The first-order chi connectivity index (χ1) is 59.2. The average Bonchev–Trinajstić information content (AvgIpc) is 0.758. The summed E-state index contributed by atoms with van der Waals surface area (Å²) in [6, 6.07) is 120. The van der Waals surface area contributed by atoms with Gasteiger partial charge in [-0.05, 0) is 241 Å². The molecular weight excluding hydrogens is 1470 g/mol. The monoisotopic (exact) mass is 1570 g/mol. The van der Waals surface area contributed by atoms with Gasteiger partial charge in [0.05, 0.1) is 39.6 Å². The Kier molecular flexibility index (Phi) is 26.4. The highest BCUT2D eigenvalue weighted by atomic mass is 16.5. The molecule has 0 radical (unpaired) electrons. The lowest BCUT2D eigenvalue weighted by molar-refractivity contribution is 0.310. The number of benzene rings is 15. The summed E-state index contributed by atoms with van der Waals surface area (Å²) < 4.78 is 40.7. The lowest BCUT2D eigenvalue weighted by atomic mass is 9.97. The number of hydrogen-bond donors (Lipinski definition) is 0. The van der Waals surface area contributed by atoms with Crippen LogP contribution in [-0.4, -0.2) is 39.6 Å². The van der Waals surface area contributed by atoms with Crippen LogP contribution in [0.25, 0.3) is 162 Å². The van der Waals surface area contributed by atoms with E-state index < -0.39 is 0 Å². The molecule has 6 nitrogen and oxygen atoms in total. The molecule has 30 bridgehead atoms. The van der Waals surface area contributed by atoms with Gasteiger partial charge in [0.2, 0.25) is 0 Å². The van der Waals surface area contributed by atoms with Crippen LogP contribution < -0.4 is 28.4 Å². The van der Waals surface area contributed by atoms with E-state index in [9.17, 15) is 0 Å². The second kappa shape index (κ2) is 39.1. The standard InChI is InChI=1S/C114H108O6/c1-7-13-67-115-103-61-49-91-73-85-37-31-79-19-21-81(22-20-79)33-39-87-45-57-99-93(75-87)51-63-105(117-69-15-9-3)111(99)113-101-59-47-89(77-95(101)53-65-107(113)119-71-17-11-5)41-35-83-27-29-84(30-28-83)36-42-90-48-60-102-96(78-90)54-66-108(120-72-18-12-6)114(102)112-100-58-46-88(76-94(100)52-64-106(112)118-70-16-10-4)40-34-82-25-23-80(24-26-82)32-38-86-44-56-98-92(74-86)50-62-104(116-68-14-8-2)110(98)109(103)97(91)55-43-85/h19-66,73-78H,7-18,67-72H2,1-6H3. The number of unbranched alkanes of at least 4 members (excludes halogenated alkanes) is 6. The maximum absolute atomic E-state index is 6.79. The fourth-order valence-electron chi connectivity index (χ4n) is 16.1. The van der Waals surface area contributed by atoms with Gasteiger partial charge in [-0.25, -0.2) is 0 Å². The molecule has 0 heterocycles. The van der Waals surface area contributed by atoms with Crippen molar-refractivity contribution in [2.24, 2.45) is 0 Å². The van der Waals surface area contributed by atoms with Crippen LogP contribution in [0.15, 0.2) is 328 Å². The summed E-state index contributed by atoms with van der Waals surface area (Å²) in [5.41, 5.74) is 0. The Balaban J connectivity index is 0.849. The van der Waals surface area contributed by atoms with Gasteiger partial charge in [-0.1, -0.05) is 335 Å². The summed E-state index contributed by atoms with van der Waals surface area (Å²) in [7, 11) is 0. The van der Waals surface area contributed by atoms with Crippen LogP contribution in [0.3, 0.4) is 0 Å². The fourth-order valence-corrected chi connectivity index (χ4v) is 16.1. The van der Waals surface area contributed by atoms with E-state index >= 15 is 0 Å². The highest BCUT2D eigenvalue weighted by molar-refractivity contribution is 6.23. The molecule has 600 valence electrons. The zero-order chi connectivity index (χ0) is 81.9. The Labute approximate surface area is 705 Å². The summed E-state index contributed by atoms with van der Waals surface area (Å²) in [4.78, 5) is 0. The van der Waals surface area contributed by atoms with E-state index in [0.29, 0.717) is 39.6 Å². The van der Waals surface area contributed by atoms with Crippen LogP contribution in [0.2, 0.25) is 0 Å². The van der Waals surface area contributed by atoms with E-state index in [1.54, 1.807) is 0 Å². The van der Waals surface area contributed by atoms with Crippen molar-refractivity contribution in [3.63, 3.8) is 0 Å². The zero-order valence-electron chi connectivity index (χ0n) is 70.4. The van der Waals surface area contributed by atoms with Gasteiger partial charge >= 0.3 is 0 Å². The molecule has 0 aliphatic heterocycles. The Morgan fingerprint density at radius 3 is 0.400 bits per heavy atom. The van der Waals surface area contributed by atoms with Crippen molar-refractivity contribution in [3.05, 3.63) is 328 Å². The molecule has 6 heteroatoms. The van der Waals surface area contributed by atoms with Crippen molar-refractivity contribution in [2.45, 2.75) is 119 Å². The Morgan fingerprint density at radius 2 is 0.267 bits per heavy atom. The summed E-state index contributed by atoms with van der Waals surface area (Å²) in [6.45, 7) is 17.0. The minimum Gasteiger partial charge on any atom is -0.493 e. The van der Waals surface area contributed by atoms with E-state index in [0.717, 1.165) is 273 Å². The normalized spacial score (nSPS) is 11.3. The van der Waals surface area contributed by atoms with Gasteiger partial charge in [-0.15, -0.1) is 0 Å². The summed E-state index contributed by atoms with van der Waals surface area (Å²) in [5.74, 6) is 5.16. The largest absolute Gasteiger partial charge is 0.493 e. The molecule has 30 aromatic carbocycles. The van der Waals surface area contributed by atoms with Crippen molar-refractivity contribution in [1.82, 2.24) is 0 Å². The first-order valence-corrected chi connectivity index (χ1v) is 43.8. The molecule has 0 atom stereocenters. The predicted octanol–water partition coefficient (Wildman–Crippen LogP) is 32.8. The Bertz CT molecular complexity index is 5840. The third-order valence-electron chi connectivity index (χ3n) is 22.9. The van der Waals surface area contributed by atoms with Crippen molar-refractivity contribution < 1.29 is 28.4 Å². The number of rotatable bonds is 24. The van der Waals surface area contributed by atoms with Crippen molar-refractivity contribution in [2.75, 3.05) is 39.6 Å². The summed E-state index contributed by atoms with van der Waals surface area (Å²) in [6.07, 6.45) is 12.0. The van der Waals surface area contributed by atoms with Crippen molar-refractivity contribution >= 4 is 162 Å². The molecule has 120 heavy (non-hydrogen) atoms. The van der Waals surface area contributed by atoms with E-state index in [1.165, 1.54) is 0 Å². The van der Waals surface area contributed by atoms with Gasteiger partial charge in [0.1, 0.15) is 34.5 Å². The highest BCUT2D eigenvalue weighted by Crippen LogP contribution is 2.46. The van der Waals surface area contributed by atoms with Crippen LogP contribution in [0, 0.1) is 0 Å². The molecular formula is C114H108O6. The number of ether oxygens (including phenoxy) is 6. The molecule has 0 saturated carbocycles. The first-order valence-electron chi connectivity index (χ1n) is 43.8. The lowest BCUT2D eigenvalue weighted by Crippen LogP contribution is -1.99. The zero-order valence-corrected chi connectivity index (χ0v) is 70.4. The minimum absolute atomic E-state index is 0.624. The quantitative estimate of drug-likeness (QED) is 0.0562. The molecule has 0 N–H and O–H groups in total. The van der Waals surface area contributed by atoms with Crippen LogP contribution in [0.1, 0.15) is 119 Å². The van der Waals surface area contributed by atoms with Crippen LogP contribution in [0.5, 0.6) is 34.5 Å². The average molecular weight is 1570 g/mol. The van der Waals surface area contributed by atoms with E-state index in [4.69, 9.17) is 28.4 Å². The smallest absolute Gasteiger partial charge is 0.127 e. The minimum atomic E-state index is 0.624. The second-order valence-electron chi connectivity index (χ2n) is 31.7. The van der Waals surface area contributed by atoms with Gasteiger partial charge < -0.3 is 28.4 Å². The van der Waals surface area contributed by atoms with Gasteiger partial charge in [-0.3, -0.25) is 0 Å². The van der Waals surface area contributed by atoms with E-state index in [1.807, 2.05) is 0 Å². The number of fused-ring (bicyclic) bond motifs is 3. The molecule has 0 amide bonds. The topological polar surface area (TPSA) is 55.4 Å². The van der Waals surface area contributed by atoms with Crippen molar-refractivity contribution in [3.8, 4) is 34.5 Å². The molecule has 0 aliphatic carbocycles. The summed E-state index contributed by atoms with van der Waals surface area (Å²) >= 11 is 0.